The molecule has 0 aliphatic heterocycles. The highest BCUT2D eigenvalue weighted by molar-refractivity contribution is 14.0. The predicted molar refractivity (Wildman–Crippen MR) is 127 cm³/mol. The summed E-state index contributed by atoms with van der Waals surface area (Å²) in [6, 6.07) is 18.2. The quantitative estimate of drug-likeness (QED) is 0.267. The minimum atomic E-state index is 0. The molecule has 0 spiro atoms. The molecule has 0 aromatic heterocycles. The molecule has 0 radical (unpaired) electrons. The fourth-order valence-electron chi connectivity index (χ4n) is 2.79. The van der Waals surface area contributed by atoms with E-state index < -0.39 is 0 Å². The second-order valence-corrected chi connectivity index (χ2v) is 6.42. The van der Waals surface area contributed by atoms with Gasteiger partial charge in [0, 0.05) is 26.1 Å². The van der Waals surface area contributed by atoms with E-state index in [1.807, 2.05) is 42.5 Å². The topological polar surface area (TPSA) is 65.9 Å². The van der Waals surface area contributed by atoms with E-state index in [0.717, 1.165) is 43.3 Å². The van der Waals surface area contributed by atoms with Crippen molar-refractivity contribution in [1.82, 2.24) is 10.6 Å². The lowest BCUT2D eigenvalue weighted by molar-refractivity contribution is 0.265. The van der Waals surface area contributed by atoms with Crippen molar-refractivity contribution >= 4 is 29.9 Å². The van der Waals surface area contributed by atoms with Gasteiger partial charge >= 0.3 is 0 Å². The van der Waals surface area contributed by atoms with E-state index in [2.05, 4.69) is 34.7 Å². The summed E-state index contributed by atoms with van der Waals surface area (Å²) < 4.78 is 5.68. The van der Waals surface area contributed by atoms with Gasteiger partial charge in [0.25, 0.3) is 0 Å². The molecule has 0 aliphatic carbocycles. The minimum Gasteiger partial charge on any atom is -0.494 e. The number of nitrogens with zero attached hydrogens (tertiary/aromatic N) is 1. The summed E-state index contributed by atoms with van der Waals surface area (Å²) in [4.78, 5) is 4.27. The summed E-state index contributed by atoms with van der Waals surface area (Å²) in [6.45, 7) is 4.34. The van der Waals surface area contributed by atoms with Gasteiger partial charge in [0.1, 0.15) is 5.75 Å². The average molecular weight is 497 g/mol. The number of aliphatic hydroxyl groups excluding tert-OH is 1. The van der Waals surface area contributed by atoms with Crippen LogP contribution >= 0.6 is 24.0 Å². The number of hydrogen-bond acceptors (Lipinski definition) is 3. The van der Waals surface area contributed by atoms with Gasteiger partial charge in [-0.15, -0.1) is 24.0 Å². The number of nitrogens with one attached hydrogen (secondary N) is 2. The van der Waals surface area contributed by atoms with Crippen molar-refractivity contribution in [2.45, 2.75) is 25.7 Å². The average Bonchev–Trinajstić information content (AvgIpc) is 2.72. The maximum absolute atomic E-state index is 9.67. The zero-order valence-electron chi connectivity index (χ0n) is 16.7. The summed E-state index contributed by atoms with van der Waals surface area (Å²) in [5, 5.41) is 16.3. The van der Waals surface area contributed by atoms with E-state index in [1.165, 1.54) is 5.56 Å². The first-order valence-electron chi connectivity index (χ1n) is 9.58. The van der Waals surface area contributed by atoms with Gasteiger partial charge in [0.2, 0.25) is 0 Å². The van der Waals surface area contributed by atoms with Crippen LogP contribution in [0.2, 0.25) is 0 Å². The van der Waals surface area contributed by atoms with Crippen LogP contribution in [0, 0.1) is 0 Å². The third-order valence-corrected chi connectivity index (χ3v) is 4.31. The molecule has 0 heterocycles. The number of hydrogen-bond donors (Lipinski definition) is 3. The Morgan fingerprint density at radius 3 is 2.57 bits per heavy atom. The first kappa shape index (κ1) is 24.2. The summed E-state index contributed by atoms with van der Waals surface area (Å²) in [5.41, 5.74) is 2.34. The zero-order valence-corrected chi connectivity index (χ0v) is 19.1. The lowest BCUT2D eigenvalue weighted by Gasteiger charge is -2.18. The van der Waals surface area contributed by atoms with Gasteiger partial charge in [-0.25, -0.2) is 0 Å². The van der Waals surface area contributed by atoms with Crippen molar-refractivity contribution < 1.29 is 9.84 Å². The summed E-state index contributed by atoms with van der Waals surface area (Å²) >= 11 is 0. The number of guanidine groups is 1. The summed E-state index contributed by atoms with van der Waals surface area (Å²) in [6.07, 6.45) is 1.89. The molecule has 6 heteroatoms. The lowest BCUT2D eigenvalue weighted by Crippen LogP contribution is -2.40. The maximum Gasteiger partial charge on any atom is 0.191 e. The van der Waals surface area contributed by atoms with Crippen LogP contribution in [0.5, 0.6) is 5.75 Å². The molecule has 0 aliphatic rings. The molecule has 28 heavy (non-hydrogen) atoms. The zero-order chi connectivity index (χ0) is 19.3. The standard InChI is InChI=1S/C22H31N3O2.HI/c1-3-14-27-21-11-7-8-18(15-21)12-13-24-22(23-2)25-16-20(17-26)19-9-5-4-6-10-19;/h4-11,15,20,26H,3,12-14,16-17H2,1-2H3,(H2,23,24,25);1H. The van der Waals surface area contributed by atoms with Gasteiger partial charge in [-0.05, 0) is 36.1 Å². The van der Waals surface area contributed by atoms with Gasteiger partial charge in [-0.2, -0.15) is 0 Å². The smallest absolute Gasteiger partial charge is 0.191 e. The lowest BCUT2D eigenvalue weighted by atomic mass is 10.0. The Hall–Kier alpha value is -1.80. The van der Waals surface area contributed by atoms with Crippen LogP contribution in [0.3, 0.4) is 0 Å². The van der Waals surface area contributed by atoms with Gasteiger partial charge < -0.3 is 20.5 Å². The van der Waals surface area contributed by atoms with E-state index >= 15 is 0 Å². The van der Waals surface area contributed by atoms with Crippen molar-refractivity contribution in [1.29, 1.82) is 0 Å². The number of ether oxygens (including phenoxy) is 1. The van der Waals surface area contributed by atoms with E-state index in [0.29, 0.717) is 6.54 Å². The Labute approximate surface area is 185 Å². The van der Waals surface area contributed by atoms with Crippen molar-refractivity contribution in [2.75, 3.05) is 33.4 Å². The minimum absolute atomic E-state index is 0. The van der Waals surface area contributed by atoms with Crippen LogP contribution in [0.25, 0.3) is 0 Å². The Balaban J connectivity index is 0.00000392. The second kappa shape index (κ2) is 14.2. The van der Waals surface area contributed by atoms with Gasteiger partial charge in [0.15, 0.2) is 5.96 Å². The SMILES string of the molecule is CCCOc1cccc(CCNC(=NC)NCC(CO)c2ccccc2)c1.I. The molecule has 3 N–H and O–H groups in total. The molecular formula is C22H32IN3O2. The van der Waals surface area contributed by atoms with Crippen LogP contribution in [-0.4, -0.2) is 44.4 Å². The molecule has 2 aromatic rings. The van der Waals surface area contributed by atoms with E-state index in [1.54, 1.807) is 7.05 Å². The van der Waals surface area contributed by atoms with Crippen LogP contribution < -0.4 is 15.4 Å². The molecule has 0 saturated carbocycles. The molecule has 2 aromatic carbocycles. The predicted octanol–water partition coefficient (Wildman–Crippen LogP) is 3.58. The first-order valence-corrected chi connectivity index (χ1v) is 9.58. The van der Waals surface area contributed by atoms with E-state index in [4.69, 9.17) is 4.74 Å². The Kier molecular flexibility index (Phi) is 12.3. The van der Waals surface area contributed by atoms with Gasteiger partial charge in [-0.3, -0.25) is 4.99 Å². The number of rotatable bonds is 10. The number of aliphatic hydroxyl groups is 1. The van der Waals surface area contributed by atoms with E-state index in [9.17, 15) is 5.11 Å². The Morgan fingerprint density at radius 1 is 1.11 bits per heavy atom. The fraction of sp³-hybridized carbons (Fsp3) is 0.409. The Bertz CT molecular complexity index is 695. The molecule has 2 rings (SSSR count). The van der Waals surface area contributed by atoms with Crippen LogP contribution in [0.4, 0.5) is 0 Å². The summed E-state index contributed by atoms with van der Waals surface area (Å²) in [5.74, 6) is 1.70. The molecule has 0 fully saturated rings. The number of benzene rings is 2. The number of aliphatic imine (C=N–C) groups is 1. The Morgan fingerprint density at radius 2 is 1.89 bits per heavy atom. The molecule has 154 valence electrons. The molecule has 1 unspecified atom stereocenters. The summed E-state index contributed by atoms with van der Waals surface area (Å²) in [7, 11) is 1.75. The third-order valence-electron chi connectivity index (χ3n) is 4.31. The third kappa shape index (κ3) is 8.48. The highest BCUT2D eigenvalue weighted by Crippen LogP contribution is 2.14. The van der Waals surface area contributed by atoms with Crippen molar-refractivity contribution in [2.24, 2.45) is 4.99 Å². The fourth-order valence-corrected chi connectivity index (χ4v) is 2.79. The van der Waals surface area contributed by atoms with E-state index in [-0.39, 0.29) is 36.5 Å². The van der Waals surface area contributed by atoms with Crippen LogP contribution in [0.15, 0.2) is 59.6 Å². The van der Waals surface area contributed by atoms with Crippen LogP contribution in [0.1, 0.15) is 30.4 Å². The maximum atomic E-state index is 9.67. The molecule has 0 saturated heterocycles. The number of halogens is 1. The van der Waals surface area contributed by atoms with Crippen LogP contribution in [-0.2, 0) is 6.42 Å². The molecule has 0 bridgehead atoms. The van der Waals surface area contributed by atoms with Gasteiger partial charge in [0.05, 0.1) is 13.2 Å². The highest BCUT2D eigenvalue weighted by Gasteiger charge is 2.10. The highest BCUT2D eigenvalue weighted by atomic mass is 127. The second-order valence-electron chi connectivity index (χ2n) is 6.42. The molecule has 1 atom stereocenters. The molecular weight excluding hydrogens is 465 g/mol. The monoisotopic (exact) mass is 497 g/mol. The van der Waals surface area contributed by atoms with Gasteiger partial charge in [-0.1, -0.05) is 49.4 Å². The normalized spacial score (nSPS) is 12.0. The van der Waals surface area contributed by atoms with Crippen molar-refractivity contribution in [3.8, 4) is 5.75 Å². The largest absolute Gasteiger partial charge is 0.494 e. The van der Waals surface area contributed by atoms with Crippen molar-refractivity contribution in [3.63, 3.8) is 0 Å². The first-order chi connectivity index (χ1) is 13.3. The molecule has 5 nitrogen and oxygen atoms in total. The molecule has 0 amide bonds. The van der Waals surface area contributed by atoms with Crippen molar-refractivity contribution in [3.05, 3.63) is 65.7 Å².